The Balaban J connectivity index is 3.07. The van der Waals surface area contributed by atoms with Gasteiger partial charge in [-0.25, -0.2) is 17.6 Å². The molecule has 106 valence electrons. The van der Waals surface area contributed by atoms with E-state index in [1.807, 2.05) is 13.8 Å². The first-order chi connectivity index (χ1) is 8.62. The van der Waals surface area contributed by atoms with Crippen LogP contribution in [0.3, 0.4) is 0 Å². The predicted molar refractivity (Wildman–Crippen MR) is 69.2 cm³/mol. The fourth-order valence-corrected chi connectivity index (χ4v) is 2.11. The Hall–Kier alpha value is -1.14. The zero-order chi connectivity index (χ0) is 14.8. The molecule has 0 aliphatic carbocycles. The van der Waals surface area contributed by atoms with E-state index in [1.165, 1.54) is 0 Å². The maximum atomic E-state index is 13.3. The summed E-state index contributed by atoms with van der Waals surface area (Å²) in [4.78, 5) is 11.0. The minimum absolute atomic E-state index is 0.0619. The average molecular weight is 309 g/mol. The summed E-state index contributed by atoms with van der Waals surface area (Å²) in [5.41, 5.74) is -0.0619. The lowest BCUT2D eigenvalue weighted by Crippen LogP contribution is -2.20. The number of carbonyl (C=O) groups excluding carboxylic acids is 1. The van der Waals surface area contributed by atoms with E-state index in [1.54, 1.807) is 6.92 Å². The van der Waals surface area contributed by atoms with Gasteiger partial charge in [0.05, 0.1) is 5.56 Å². The summed E-state index contributed by atoms with van der Waals surface area (Å²) in [7, 11) is 0.832. The SMILES string of the molecule is CC(C)C(C)OC(=O)c1ccc(F)c(S(=O)(=O)Cl)c1. The highest BCUT2D eigenvalue weighted by Crippen LogP contribution is 2.21. The van der Waals surface area contributed by atoms with Gasteiger partial charge in [0.1, 0.15) is 16.8 Å². The number of hydrogen-bond acceptors (Lipinski definition) is 4. The molecule has 0 aromatic heterocycles. The van der Waals surface area contributed by atoms with Gasteiger partial charge < -0.3 is 4.74 Å². The van der Waals surface area contributed by atoms with Crippen molar-refractivity contribution in [3.63, 3.8) is 0 Å². The Bertz CT molecular complexity index is 583. The summed E-state index contributed by atoms with van der Waals surface area (Å²) >= 11 is 0. The van der Waals surface area contributed by atoms with E-state index in [0.29, 0.717) is 0 Å². The molecule has 1 aromatic carbocycles. The highest BCUT2D eigenvalue weighted by atomic mass is 35.7. The van der Waals surface area contributed by atoms with E-state index in [0.717, 1.165) is 18.2 Å². The molecule has 0 heterocycles. The van der Waals surface area contributed by atoms with E-state index in [2.05, 4.69) is 0 Å². The Labute approximate surface area is 115 Å². The summed E-state index contributed by atoms with van der Waals surface area (Å²) in [5, 5.41) is 0. The van der Waals surface area contributed by atoms with Crippen molar-refractivity contribution in [2.24, 2.45) is 5.92 Å². The summed E-state index contributed by atoms with van der Waals surface area (Å²) < 4.78 is 40.7. The number of rotatable bonds is 4. The third-order valence-corrected chi connectivity index (χ3v) is 4.00. The van der Waals surface area contributed by atoms with Gasteiger partial charge in [-0.05, 0) is 31.0 Å². The zero-order valence-corrected chi connectivity index (χ0v) is 12.3. The molecule has 0 fully saturated rings. The molecular formula is C12H14ClFO4S. The molecular weight excluding hydrogens is 295 g/mol. The van der Waals surface area contributed by atoms with Crippen LogP contribution in [0.4, 0.5) is 4.39 Å². The van der Waals surface area contributed by atoms with Crippen molar-refractivity contribution in [2.75, 3.05) is 0 Å². The molecule has 1 unspecified atom stereocenters. The van der Waals surface area contributed by atoms with Crippen LogP contribution in [0.2, 0.25) is 0 Å². The van der Waals surface area contributed by atoms with E-state index in [4.69, 9.17) is 15.4 Å². The summed E-state index contributed by atoms with van der Waals surface area (Å²) in [6.45, 7) is 5.46. The quantitative estimate of drug-likeness (QED) is 0.634. The molecule has 4 nitrogen and oxygen atoms in total. The minimum atomic E-state index is -4.24. The number of carbonyl (C=O) groups is 1. The maximum Gasteiger partial charge on any atom is 0.338 e. The molecule has 0 saturated carbocycles. The lowest BCUT2D eigenvalue weighted by Gasteiger charge is -2.16. The fraction of sp³-hybridized carbons (Fsp3) is 0.417. The molecule has 7 heteroatoms. The van der Waals surface area contributed by atoms with E-state index < -0.39 is 25.7 Å². The van der Waals surface area contributed by atoms with Crippen LogP contribution < -0.4 is 0 Å². The third-order valence-electron chi connectivity index (χ3n) is 2.66. The Morgan fingerprint density at radius 2 is 1.89 bits per heavy atom. The first-order valence-corrected chi connectivity index (χ1v) is 7.89. The molecule has 1 atom stereocenters. The number of hydrogen-bond donors (Lipinski definition) is 0. The van der Waals surface area contributed by atoms with E-state index in [9.17, 15) is 17.6 Å². The van der Waals surface area contributed by atoms with Crippen molar-refractivity contribution in [1.82, 2.24) is 0 Å². The second-order valence-electron chi connectivity index (χ2n) is 4.44. The van der Waals surface area contributed by atoms with Gasteiger partial charge in [-0.1, -0.05) is 13.8 Å². The summed E-state index contributed by atoms with van der Waals surface area (Å²) in [6.07, 6.45) is -0.339. The number of benzene rings is 1. The van der Waals surface area contributed by atoms with Crippen molar-refractivity contribution >= 4 is 25.7 Å². The normalized spacial score (nSPS) is 13.4. The molecule has 19 heavy (non-hydrogen) atoms. The lowest BCUT2D eigenvalue weighted by molar-refractivity contribution is 0.0237. The highest BCUT2D eigenvalue weighted by Gasteiger charge is 2.21. The van der Waals surface area contributed by atoms with Gasteiger partial charge in [0.2, 0.25) is 0 Å². The first kappa shape index (κ1) is 15.9. The predicted octanol–water partition coefficient (Wildman–Crippen LogP) is 2.95. The molecule has 0 bridgehead atoms. The zero-order valence-electron chi connectivity index (χ0n) is 10.7. The largest absolute Gasteiger partial charge is 0.459 e. The molecule has 0 amide bonds. The van der Waals surface area contributed by atoms with Crippen LogP contribution in [0.25, 0.3) is 0 Å². The van der Waals surface area contributed by atoms with E-state index in [-0.39, 0.29) is 17.6 Å². The van der Waals surface area contributed by atoms with Gasteiger partial charge in [-0.2, -0.15) is 0 Å². The van der Waals surface area contributed by atoms with Crippen LogP contribution in [0.1, 0.15) is 31.1 Å². The van der Waals surface area contributed by atoms with Crippen LogP contribution in [0.5, 0.6) is 0 Å². The Morgan fingerprint density at radius 1 is 1.32 bits per heavy atom. The first-order valence-electron chi connectivity index (χ1n) is 5.58. The molecule has 0 radical (unpaired) electrons. The Kier molecular flexibility index (Phi) is 4.92. The highest BCUT2D eigenvalue weighted by molar-refractivity contribution is 8.13. The van der Waals surface area contributed by atoms with Gasteiger partial charge in [0, 0.05) is 10.7 Å². The van der Waals surface area contributed by atoms with Crippen LogP contribution in [0.15, 0.2) is 23.1 Å². The lowest BCUT2D eigenvalue weighted by atomic mass is 10.1. The van der Waals surface area contributed by atoms with Crippen molar-refractivity contribution in [3.05, 3.63) is 29.6 Å². The van der Waals surface area contributed by atoms with Gasteiger partial charge in [-0.15, -0.1) is 0 Å². The van der Waals surface area contributed by atoms with Gasteiger partial charge in [-0.3, -0.25) is 0 Å². The second-order valence-corrected chi connectivity index (χ2v) is 6.97. The van der Waals surface area contributed by atoms with Gasteiger partial charge >= 0.3 is 5.97 Å². The van der Waals surface area contributed by atoms with Gasteiger partial charge in [0.25, 0.3) is 9.05 Å². The van der Waals surface area contributed by atoms with Crippen LogP contribution in [0, 0.1) is 11.7 Å². The maximum absolute atomic E-state index is 13.3. The van der Waals surface area contributed by atoms with Crippen LogP contribution >= 0.6 is 10.7 Å². The van der Waals surface area contributed by atoms with Crippen molar-refractivity contribution < 1.29 is 22.3 Å². The molecule has 1 rings (SSSR count). The molecule has 1 aromatic rings. The third kappa shape index (κ3) is 4.18. The molecule has 0 N–H and O–H groups in total. The van der Waals surface area contributed by atoms with Crippen LogP contribution in [-0.2, 0) is 13.8 Å². The topological polar surface area (TPSA) is 60.4 Å². The molecule has 0 spiro atoms. The van der Waals surface area contributed by atoms with Crippen molar-refractivity contribution in [3.8, 4) is 0 Å². The summed E-state index contributed by atoms with van der Waals surface area (Å²) in [6, 6.07) is 2.88. The fourth-order valence-electron chi connectivity index (χ4n) is 1.19. The Morgan fingerprint density at radius 3 is 2.37 bits per heavy atom. The minimum Gasteiger partial charge on any atom is -0.459 e. The second kappa shape index (κ2) is 5.88. The standard InChI is InChI=1S/C12H14ClFO4S/c1-7(2)8(3)18-12(15)9-4-5-10(14)11(6-9)19(13,16)17/h4-8H,1-3H3. The molecule has 0 aliphatic heterocycles. The van der Waals surface area contributed by atoms with E-state index >= 15 is 0 Å². The molecule has 0 saturated heterocycles. The van der Waals surface area contributed by atoms with Gasteiger partial charge in [0.15, 0.2) is 0 Å². The number of ether oxygens (including phenoxy) is 1. The summed E-state index contributed by atoms with van der Waals surface area (Å²) in [5.74, 6) is -1.62. The van der Waals surface area contributed by atoms with Crippen molar-refractivity contribution in [2.45, 2.75) is 31.8 Å². The number of halogens is 2. The monoisotopic (exact) mass is 308 g/mol. The van der Waals surface area contributed by atoms with Crippen LogP contribution in [-0.4, -0.2) is 20.5 Å². The molecule has 0 aliphatic rings. The number of esters is 1. The van der Waals surface area contributed by atoms with Crippen molar-refractivity contribution in [1.29, 1.82) is 0 Å². The smallest absolute Gasteiger partial charge is 0.338 e. The average Bonchev–Trinajstić information content (AvgIpc) is 2.27.